The third kappa shape index (κ3) is 5.65. The number of nitrogens with zero attached hydrogens (tertiary/aromatic N) is 1. The summed E-state index contributed by atoms with van der Waals surface area (Å²) in [5.74, 6) is -0.497. The monoisotopic (exact) mass is 397 g/mol. The van der Waals surface area contributed by atoms with E-state index < -0.39 is 11.5 Å². The number of benzene rings is 2. The van der Waals surface area contributed by atoms with E-state index in [1.54, 1.807) is 6.08 Å². The van der Waals surface area contributed by atoms with Crippen LogP contribution in [0.15, 0.2) is 72.8 Å². The van der Waals surface area contributed by atoms with Gasteiger partial charge in [-0.3, -0.25) is 4.79 Å². The fourth-order valence-corrected chi connectivity index (χ4v) is 3.51. The minimum Gasteiger partial charge on any atom is -0.385 e. The number of hydrogen-bond donors (Lipinski definition) is 1. The normalized spacial score (nSPS) is 23.0. The van der Waals surface area contributed by atoms with E-state index in [0.717, 1.165) is 24.2 Å². The zero-order valence-electron chi connectivity index (χ0n) is 16.2. The molecule has 2 unspecified atom stereocenters. The van der Waals surface area contributed by atoms with E-state index in [2.05, 4.69) is 11.8 Å². The lowest BCUT2D eigenvalue weighted by Crippen LogP contribution is -2.53. The molecule has 0 spiro atoms. The van der Waals surface area contributed by atoms with Crippen LogP contribution >= 0.6 is 12.4 Å². The van der Waals surface area contributed by atoms with Crippen molar-refractivity contribution in [2.45, 2.75) is 18.9 Å². The van der Waals surface area contributed by atoms with Gasteiger partial charge in [0.1, 0.15) is 0 Å². The SMILES string of the molecule is CCN1CCC(O)(/C=C/c2ccccc2)C(C(=O)/C=C/c2ccccc2)C1.Cl. The fourth-order valence-electron chi connectivity index (χ4n) is 3.51. The Labute approximate surface area is 173 Å². The molecular weight excluding hydrogens is 370 g/mol. The van der Waals surface area contributed by atoms with Gasteiger partial charge in [-0.05, 0) is 30.2 Å². The van der Waals surface area contributed by atoms with Crippen LogP contribution in [0, 0.1) is 5.92 Å². The standard InChI is InChI=1S/C24H27NO2.ClH/c1-2-25-18-17-24(27,16-15-21-11-7-4-8-12-21)22(19-25)23(26)14-13-20-9-5-3-6-10-20;/h3-16,22,27H,2,17-19H2,1H3;1H/b14-13+,16-15+;. The molecule has 2 atom stereocenters. The second-order valence-electron chi connectivity index (χ2n) is 7.08. The molecular formula is C24H28ClNO2. The molecule has 4 heteroatoms. The van der Waals surface area contributed by atoms with Crippen molar-refractivity contribution in [3.63, 3.8) is 0 Å². The Morgan fingerprint density at radius 3 is 2.21 bits per heavy atom. The summed E-state index contributed by atoms with van der Waals surface area (Å²) in [4.78, 5) is 15.2. The zero-order chi connectivity index (χ0) is 19.1. The number of hydrogen-bond acceptors (Lipinski definition) is 3. The van der Waals surface area contributed by atoms with Crippen LogP contribution in [0.25, 0.3) is 12.2 Å². The van der Waals surface area contributed by atoms with Crippen LogP contribution in [0.2, 0.25) is 0 Å². The molecule has 1 heterocycles. The topological polar surface area (TPSA) is 40.5 Å². The van der Waals surface area contributed by atoms with Crippen molar-refractivity contribution in [2.24, 2.45) is 5.92 Å². The first-order valence-corrected chi connectivity index (χ1v) is 9.57. The molecule has 0 amide bonds. The third-order valence-corrected chi connectivity index (χ3v) is 5.27. The van der Waals surface area contributed by atoms with E-state index in [1.165, 1.54) is 0 Å². The quantitative estimate of drug-likeness (QED) is 0.731. The minimum atomic E-state index is -1.13. The first-order valence-electron chi connectivity index (χ1n) is 9.57. The van der Waals surface area contributed by atoms with Gasteiger partial charge in [-0.15, -0.1) is 12.4 Å². The van der Waals surface area contributed by atoms with Crippen molar-refractivity contribution < 1.29 is 9.90 Å². The molecule has 1 fully saturated rings. The van der Waals surface area contributed by atoms with Gasteiger partial charge in [0.2, 0.25) is 0 Å². The Morgan fingerprint density at radius 1 is 1.07 bits per heavy atom. The van der Waals surface area contributed by atoms with Crippen molar-refractivity contribution in [3.05, 3.63) is 83.9 Å². The van der Waals surface area contributed by atoms with Crippen LogP contribution in [0.3, 0.4) is 0 Å². The molecule has 2 aromatic rings. The van der Waals surface area contributed by atoms with Gasteiger partial charge in [-0.2, -0.15) is 0 Å². The van der Waals surface area contributed by atoms with E-state index >= 15 is 0 Å². The first-order chi connectivity index (χ1) is 13.1. The number of halogens is 1. The van der Waals surface area contributed by atoms with Gasteiger partial charge in [-0.25, -0.2) is 0 Å². The molecule has 1 aliphatic rings. The van der Waals surface area contributed by atoms with E-state index in [9.17, 15) is 9.90 Å². The second kappa shape index (κ2) is 10.4. The maximum absolute atomic E-state index is 13.0. The van der Waals surface area contributed by atoms with Gasteiger partial charge < -0.3 is 10.0 Å². The van der Waals surface area contributed by atoms with Crippen molar-refractivity contribution in [1.29, 1.82) is 0 Å². The Kier molecular flexibility index (Phi) is 8.18. The summed E-state index contributed by atoms with van der Waals surface area (Å²) >= 11 is 0. The molecule has 28 heavy (non-hydrogen) atoms. The molecule has 0 radical (unpaired) electrons. The molecule has 2 aromatic carbocycles. The summed E-state index contributed by atoms with van der Waals surface area (Å²) in [6, 6.07) is 19.7. The number of aliphatic hydroxyl groups is 1. The predicted molar refractivity (Wildman–Crippen MR) is 118 cm³/mol. The molecule has 0 aliphatic carbocycles. The lowest BCUT2D eigenvalue weighted by atomic mass is 9.77. The van der Waals surface area contributed by atoms with E-state index in [-0.39, 0.29) is 18.2 Å². The highest BCUT2D eigenvalue weighted by Gasteiger charge is 2.42. The molecule has 148 valence electrons. The van der Waals surface area contributed by atoms with Crippen LogP contribution in [0.4, 0.5) is 0 Å². The van der Waals surface area contributed by atoms with E-state index in [1.807, 2.05) is 78.9 Å². The van der Waals surface area contributed by atoms with E-state index in [0.29, 0.717) is 13.0 Å². The molecule has 0 aromatic heterocycles. The summed E-state index contributed by atoms with van der Waals surface area (Å²) in [6.45, 7) is 4.33. The molecule has 1 N–H and O–H groups in total. The molecule has 3 nitrogen and oxygen atoms in total. The van der Waals surface area contributed by atoms with Gasteiger partial charge in [0.05, 0.1) is 11.5 Å². The van der Waals surface area contributed by atoms with Crippen LogP contribution in [-0.4, -0.2) is 41.0 Å². The summed E-state index contributed by atoms with van der Waals surface area (Å²) < 4.78 is 0. The van der Waals surface area contributed by atoms with Crippen molar-refractivity contribution in [3.8, 4) is 0 Å². The zero-order valence-corrected chi connectivity index (χ0v) is 17.0. The van der Waals surface area contributed by atoms with E-state index in [4.69, 9.17) is 0 Å². The van der Waals surface area contributed by atoms with Crippen LogP contribution < -0.4 is 0 Å². The molecule has 3 rings (SSSR count). The molecule has 1 aliphatic heterocycles. The summed E-state index contributed by atoms with van der Waals surface area (Å²) in [7, 11) is 0. The molecule has 1 saturated heterocycles. The van der Waals surface area contributed by atoms with Crippen molar-refractivity contribution in [1.82, 2.24) is 4.90 Å². The Morgan fingerprint density at radius 2 is 1.64 bits per heavy atom. The van der Waals surface area contributed by atoms with Crippen molar-refractivity contribution >= 4 is 30.3 Å². The maximum Gasteiger partial charge on any atom is 0.163 e. The fraction of sp³-hybridized carbons (Fsp3) is 0.292. The van der Waals surface area contributed by atoms with Crippen LogP contribution in [0.1, 0.15) is 24.5 Å². The summed E-state index contributed by atoms with van der Waals surface area (Å²) in [5, 5.41) is 11.3. The number of allylic oxidation sites excluding steroid dienone is 1. The average molecular weight is 398 g/mol. The van der Waals surface area contributed by atoms with Gasteiger partial charge in [0.25, 0.3) is 0 Å². The Balaban J connectivity index is 0.00000280. The largest absolute Gasteiger partial charge is 0.385 e. The number of likely N-dealkylation sites (tertiary alicyclic amines) is 1. The number of piperidine rings is 1. The molecule has 0 bridgehead atoms. The van der Waals surface area contributed by atoms with Gasteiger partial charge in [-0.1, -0.05) is 85.8 Å². The Hall–Kier alpha value is -2.20. The highest BCUT2D eigenvalue weighted by atomic mass is 35.5. The van der Waals surface area contributed by atoms with Crippen LogP contribution in [-0.2, 0) is 4.79 Å². The second-order valence-corrected chi connectivity index (χ2v) is 7.08. The number of ketones is 1. The Bertz CT molecular complexity index is 804. The minimum absolute atomic E-state index is 0. The number of rotatable bonds is 6. The first kappa shape index (κ1) is 22.1. The third-order valence-electron chi connectivity index (χ3n) is 5.27. The lowest BCUT2D eigenvalue weighted by molar-refractivity contribution is -0.129. The maximum atomic E-state index is 13.0. The average Bonchev–Trinajstić information content (AvgIpc) is 2.72. The smallest absolute Gasteiger partial charge is 0.163 e. The predicted octanol–water partition coefficient (Wildman–Crippen LogP) is 4.48. The van der Waals surface area contributed by atoms with Gasteiger partial charge in [0.15, 0.2) is 5.78 Å². The van der Waals surface area contributed by atoms with Gasteiger partial charge in [0, 0.05) is 13.1 Å². The highest BCUT2D eigenvalue weighted by molar-refractivity contribution is 5.96. The lowest BCUT2D eigenvalue weighted by Gasteiger charge is -2.41. The summed E-state index contributed by atoms with van der Waals surface area (Å²) in [5.41, 5.74) is 0.881. The number of carbonyl (C=O) groups is 1. The molecule has 0 saturated carbocycles. The highest BCUT2D eigenvalue weighted by Crippen LogP contribution is 2.31. The van der Waals surface area contributed by atoms with Crippen molar-refractivity contribution in [2.75, 3.05) is 19.6 Å². The number of carbonyl (C=O) groups excluding carboxylic acids is 1. The van der Waals surface area contributed by atoms with Gasteiger partial charge >= 0.3 is 0 Å². The van der Waals surface area contributed by atoms with Crippen LogP contribution in [0.5, 0.6) is 0 Å². The summed E-state index contributed by atoms with van der Waals surface area (Å²) in [6.07, 6.45) is 7.73.